The molecule has 2 heterocycles. The molecule has 0 bridgehead atoms. The number of hydrogen-bond acceptors (Lipinski definition) is 4. The number of halogens is 1. The molecule has 0 saturated carbocycles. The Hall–Kier alpha value is -2.79. The van der Waals surface area contributed by atoms with Gasteiger partial charge in [0.15, 0.2) is 0 Å². The molecule has 0 aliphatic carbocycles. The molecular weight excluding hydrogens is 339 g/mol. The second-order valence-electron chi connectivity index (χ2n) is 7.06. The first-order chi connectivity index (χ1) is 13.0. The molecule has 27 heavy (non-hydrogen) atoms. The highest BCUT2D eigenvalue weighted by atomic mass is 19.1. The van der Waals surface area contributed by atoms with Crippen LogP contribution < -0.4 is 4.90 Å². The van der Waals surface area contributed by atoms with E-state index in [-0.39, 0.29) is 5.82 Å². The van der Waals surface area contributed by atoms with E-state index in [2.05, 4.69) is 33.4 Å². The van der Waals surface area contributed by atoms with E-state index < -0.39 is 0 Å². The number of aryl methyl sites for hydroxylation is 1. The van der Waals surface area contributed by atoms with Gasteiger partial charge in [0.1, 0.15) is 11.6 Å². The van der Waals surface area contributed by atoms with Crippen molar-refractivity contribution in [2.75, 3.05) is 38.1 Å². The fourth-order valence-corrected chi connectivity index (χ4v) is 3.57. The lowest BCUT2D eigenvalue weighted by atomic mass is 10.0. The van der Waals surface area contributed by atoms with E-state index in [1.54, 1.807) is 12.1 Å². The molecule has 1 saturated heterocycles. The Bertz CT molecular complexity index is 1010. The zero-order valence-corrected chi connectivity index (χ0v) is 15.7. The molecule has 0 radical (unpaired) electrons. The van der Waals surface area contributed by atoms with E-state index in [1.807, 2.05) is 37.3 Å². The first-order valence-corrected chi connectivity index (χ1v) is 9.19. The summed E-state index contributed by atoms with van der Waals surface area (Å²) in [7, 11) is 2.09. The van der Waals surface area contributed by atoms with Crippen molar-refractivity contribution in [1.29, 1.82) is 0 Å². The van der Waals surface area contributed by atoms with Crippen molar-refractivity contribution in [1.82, 2.24) is 14.9 Å². The van der Waals surface area contributed by atoms with Crippen LogP contribution in [0.15, 0.2) is 43.0 Å². The molecule has 0 amide bonds. The second kappa shape index (κ2) is 7.08. The summed E-state index contributed by atoms with van der Waals surface area (Å²) in [4.78, 5) is 13.5. The number of aromatic nitrogens is 2. The monoisotopic (exact) mass is 362 g/mol. The number of rotatable bonds is 3. The Morgan fingerprint density at radius 3 is 2.52 bits per heavy atom. The third-order valence-corrected chi connectivity index (χ3v) is 5.13. The zero-order chi connectivity index (χ0) is 19.0. The van der Waals surface area contributed by atoms with Crippen LogP contribution in [0.3, 0.4) is 0 Å². The maximum Gasteiger partial charge on any atom is 0.147 e. The Morgan fingerprint density at radius 2 is 1.81 bits per heavy atom. The molecule has 0 spiro atoms. The molecule has 0 atom stereocenters. The largest absolute Gasteiger partial charge is 0.367 e. The fourth-order valence-electron chi connectivity index (χ4n) is 3.57. The van der Waals surface area contributed by atoms with Gasteiger partial charge in [-0.3, -0.25) is 0 Å². The van der Waals surface area contributed by atoms with Crippen LogP contribution >= 0.6 is 0 Å². The number of benzene rings is 2. The van der Waals surface area contributed by atoms with Gasteiger partial charge in [-0.05, 0) is 43.8 Å². The van der Waals surface area contributed by atoms with Crippen molar-refractivity contribution in [2.24, 2.45) is 0 Å². The van der Waals surface area contributed by atoms with E-state index in [9.17, 15) is 4.39 Å². The number of fused-ring (bicyclic) bond motifs is 1. The Kier molecular flexibility index (Phi) is 4.62. The Balaban J connectivity index is 1.77. The summed E-state index contributed by atoms with van der Waals surface area (Å²) in [5.41, 5.74) is 4.03. The maximum absolute atomic E-state index is 14.9. The van der Waals surface area contributed by atoms with Gasteiger partial charge in [0.25, 0.3) is 0 Å². The molecule has 3 aromatic rings. The van der Waals surface area contributed by atoms with Crippen molar-refractivity contribution < 1.29 is 4.39 Å². The van der Waals surface area contributed by atoms with Crippen LogP contribution in [0.4, 0.5) is 10.1 Å². The molecule has 2 aromatic carbocycles. The van der Waals surface area contributed by atoms with Gasteiger partial charge in [-0.25, -0.2) is 14.4 Å². The number of nitrogens with zero attached hydrogens (tertiary/aromatic N) is 4. The summed E-state index contributed by atoms with van der Waals surface area (Å²) < 4.78 is 14.9. The van der Waals surface area contributed by atoms with Gasteiger partial charge < -0.3 is 9.80 Å². The topological polar surface area (TPSA) is 32.3 Å². The lowest BCUT2D eigenvalue weighted by molar-refractivity contribution is 0.311. The van der Waals surface area contributed by atoms with Crippen LogP contribution in [0.25, 0.3) is 28.2 Å². The molecule has 0 unspecified atom stereocenters. The zero-order valence-electron chi connectivity index (χ0n) is 15.7. The number of piperazine rings is 1. The third kappa shape index (κ3) is 3.43. The van der Waals surface area contributed by atoms with Crippen molar-refractivity contribution in [3.05, 3.63) is 60.2 Å². The van der Waals surface area contributed by atoms with Gasteiger partial charge in [0.2, 0.25) is 0 Å². The molecular formula is C22H23FN4. The van der Waals surface area contributed by atoms with E-state index in [0.29, 0.717) is 11.5 Å². The highest BCUT2D eigenvalue weighted by Crippen LogP contribution is 2.31. The minimum atomic E-state index is -0.207. The van der Waals surface area contributed by atoms with Crippen molar-refractivity contribution in [3.63, 3.8) is 0 Å². The second-order valence-corrected chi connectivity index (χ2v) is 7.06. The smallest absolute Gasteiger partial charge is 0.147 e. The van der Waals surface area contributed by atoms with Crippen LogP contribution in [-0.2, 0) is 0 Å². The summed E-state index contributed by atoms with van der Waals surface area (Å²) in [5.74, 6) is 0.466. The van der Waals surface area contributed by atoms with Gasteiger partial charge in [-0.15, -0.1) is 0 Å². The Labute approximate surface area is 159 Å². The lowest BCUT2D eigenvalue weighted by Gasteiger charge is -2.34. The van der Waals surface area contributed by atoms with Crippen LogP contribution in [0.2, 0.25) is 0 Å². The minimum Gasteiger partial charge on any atom is -0.367 e. The lowest BCUT2D eigenvalue weighted by Crippen LogP contribution is -2.44. The third-order valence-electron chi connectivity index (χ3n) is 5.13. The number of anilines is 1. The molecule has 0 N–H and O–H groups in total. The summed E-state index contributed by atoms with van der Waals surface area (Å²) in [6.45, 7) is 9.26. The van der Waals surface area contributed by atoms with Gasteiger partial charge in [-0.1, -0.05) is 24.8 Å². The highest BCUT2D eigenvalue weighted by Gasteiger charge is 2.18. The standard InChI is InChI=1S/C22H23FN4/c1-4-16-5-7-20-18(13-16)22(25-15(2)24-20)17-6-8-21(19(23)14-17)27-11-9-26(3)10-12-27/h4-8,13-14H,1,9-12H2,2-3H3. The van der Waals surface area contributed by atoms with Crippen LogP contribution in [-0.4, -0.2) is 48.1 Å². The molecule has 5 heteroatoms. The van der Waals surface area contributed by atoms with E-state index >= 15 is 0 Å². The molecule has 4 rings (SSSR count). The predicted molar refractivity (Wildman–Crippen MR) is 109 cm³/mol. The molecule has 1 fully saturated rings. The highest BCUT2D eigenvalue weighted by molar-refractivity contribution is 5.93. The number of likely N-dealkylation sites (N-methyl/N-ethyl adjacent to an activating group) is 1. The van der Waals surface area contributed by atoms with Gasteiger partial charge in [-0.2, -0.15) is 0 Å². The first kappa shape index (κ1) is 17.6. The van der Waals surface area contributed by atoms with Crippen LogP contribution in [0, 0.1) is 12.7 Å². The average Bonchev–Trinajstić information content (AvgIpc) is 2.68. The summed E-state index contributed by atoms with van der Waals surface area (Å²) in [6, 6.07) is 11.4. The van der Waals surface area contributed by atoms with Crippen molar-refractivity contribution in [2.45, 2.75) is 6.92 Å². The summed E-state index contributed by atoms with van der Waals surface area (Å²) in [6.07, 6.45) is 1.79. The minimum absolute atomic E-state index is 0.207. The summed E-state index contributed by atoms with van der Waals surface area (Å²) in [5, 5.41) is 0.907. The average molecular weight is 362 g/mol. The number of hydrogen-bond donors (Lipinski definition) is 0. The molecule has 1 aromatic heterocycles. The van der Waals surface area contributed by atoms with E-state index in [4.69, 9.17) is 0 Å². The SMILES string of the molecule is C=Cc1ccc2nc(C)nc(-c3ccc(N4CCN(C)CC4)c(F)c3)c2c1. The predicted octanol–water partition coefficient (Wildman–Crippen LogP) is 4.14. The van der Waals surface area contributed by atoms with Crippen molar-refractivity contribution in [3.8, 4) is 11.3 Å². The van der Waals surface area contributed by atoms with E-state index in [1.165, 1.54) is 0 Å². The molecule has 1 aliphatic rings. The fraction of sp³-hybridized carbons (Fsp3) is 0.273. The summed E-state index contributed by atoms with van der Waals surface area (Å²) >= 11 is 0. The normalized spacial score (nSPS) is 15.3. The van der Waals surface area contributed by atoms with Gasteiger partial charge >= 0.3 is 0 Å². The van der Waals surface area contributed by atoms with Gasteiger partial charge in [0, 0.05) is 37.1 Å². The molecule has 1 aliphatic heterocycles. The van der Waals surface area contributed by atoms with Gasteiger partial charge in [0.05, 0.1) is 16.9 Å². The van der Waals surface area contributed by atoms with Crippen molar-refractivity contribution >= 4 is 22.7 Å². The maximum atomic E-state index is 14.9. The first-order valence-electron chi connectivity index (χ1n) is 9.19. The molecule has 4 nitrogen and oxygen atoms in total. The van der Waals surface area contributed by atoms with Crippen LogP contribution in [0.5, 0.6) is 0 Å². The molecule has 138 valence electrons. The van der Waals surface area contributed by atoms with E-state index in [0.717, 1.165) is 53.9 Å². The quantitative estimate of drug-likeness (QED) is 0.701. The Morgan fingerprint density at radius 1 is 1.04 bits per heavy atom. The van der Waals surface area contributed by atoms with Crippen LogP contribution in [0.1, 0.15) is 11.4 Å².